The van der Waals surface area contributed by atoms with Gasteiger partial charge in [-0.25, -0.2) is 4.57 Å². The van der Waals surface area contributed by atoms with E-state index in [1.807, 2.05) is 0 Å². The largest absolute Gasteiger partial charge is 0.466 e. The van der Waals surface area contributed by atoms with Crippen LogP contribution in [0, 0.1) is 0 Å². The van der Waals surface area contributed by atoms with Crippen LogP contribution >= 0.6 is 7.82 Å². The Balaban J connectivity index is 0. The van der Waals surface area contributed by atoms with Crippen LogP contribution in [0.2, 0.25) is 0 Å². The van der Waals surface area contributed by atoms with E-state index in [4.69, 9.17) is 24.0 Å². The first-order valence-corrected chi connectivity index (χ1v) is 7.45. The van der Waals surface area contributed by atoms with Gasteiger partial charge in [0.2, 0.25) is 0 Å². The van der Waals surface area contributed by atoms with Crippen molar-refractivity contribution in [2.45, 2.75) is 45.4 Å². The van der Waals surface area contributed by atoms with Crippen LogP contribution in [-0.4, -0.2) is 27.9 Å². The Morgan fingerprint density at radius 2 is 1.59 bits per heavy atom. The number of hydrogen-bond acceptors (Lipinski definition) is 2. The SMILES string of the molecule is C=CCOCCCCCCCC.O=P(O)(O)O. The van der Waals surface area contributed by atoms with Crippen LogP contribution in [0.3, 0.4) is 0 Å². The van der Waals surface area contributed by atoms with Gasteiger partial charge in [-0.3, -0.25) is 0 Å². The van der Waals surface area contributed by atoms with Gasteiger partial charge in [0.05, 0.1) is 6.61 Å². The van der Waals surface area contributed by atoms with E-state index in [1.165, 1.54) is 38.5 Å². The minimum atomic E-state index is -4.64. The van der Waals surface area contributed by atoms with Gasteiger partial charge in [-0.05, 0) is 6.42 Å². The molecule has 0 aliphatic heterocycles. The maximum atomic E-state index is 8.88. The lowest BCUT2D eigenvalue weighted by Gasteiger charge is -2.00. The molecule has 0 heterocycles. The molecule has 5 nitrogen and oxygen atoms in total. The molecule has 0 saturated heterocycles. The zero-order valence-corrected chi connectivity index (χ0v) is 11.4. The molecule has 0 spiro atoms. The van der Waals surface area contributed by atoms with E-state index in [9.17, 15) is 0 Å². The maximum Gasteiger partial charge on any atom is 0.466 e. The average molecular weight is 268 g/mol. The fraction of sp³-hybridized carbons (Fsp3) is 0.818. The summed E-state index contributed by atoms with van der Waals surface area (Å²) in [5.41, 5.74) is 0. The molecule has 0 rings (SSSR count). The highest BCUT2D eigenvalue weighted by molar-refractivity contribution is 7.45. The van der Waals surface area contributed by atoms with Crippen molar-refractivity contribution < 1.29 is 24.0 Å². The van der Waals surface area contributed by atoms with Gasteiger partial charge in [0.1, 0.15) is 0 Å². The summed E-state index contributed by atoms with van der Waals surface area (Å²) < 4.78 is 14.2. The molecule has 0 aromatic heterocycles. The van der Waals surface area contributed by atoms with Crippen LogP contribution in [0.1, 0.15) is 45.4 Å². The lowest BCUT2D eigenvalue weighted by molar-refractivity contribution is 0.157. The average Bonchev–Trinajstić information content (AvgIpc) is 2.20. The van der Waals surface area contributed by atoms with Crippen molar-refractivity contribution in [1.29, 1.82) is 0 Å². The van der Waals surface area contributed by atoms with Gasteiger partial charge >= 0.3 is 7.82 Å². The second-order valence-electron chi connectivity index (χ2n) is 3.64. The predicted octanol–water partition coefficient (Wildman–Crippen LogP) is 2.62. The van der Waals surface area contributed by atoms with Crippen molar-refractivity contribution in [3.63, 3.8) is 0 Å². The summed E-state index contributed by atoms with van der Waals surface area (Å²) in [6.45, 7) is 7.44. The normalized spacial score (nSPS) is 10.6. The number of ether oxygens (including phenoxy) is 1. The molecule has 0 aliphatic carbocycles. The smallest absolute Gasteiger partial charge is 0.377 e. The Morgan fingerprint density at radius 3 is 2.06 bits per heavy atom. The first-order chi connectivity index (χ1) is 7.91. The van der Waals surface area contributed by atoms with Crippen molar-refractivity contribution in [2.75, 3.05) is 13.2 Å². The molecule has 0 bridgehead atoms. The van der Waals surface area contributed by atoms with E-state index >= 15 is 0 Å². The summed E-state index contributed by atoms with van der Waals surface area (Å²) in [7, 11) is -4.64. The molecule has 0 unspecified atom stereocenters. The number of phosphoric acid groups is 1. The number of hydrogen-bond donors (Lipinski definition) is 3. The molecule has 0 fully saturated rings. The topological polar surface area (TPSA) is 87.0 Å². The minimum absolute atomic E-state index is 0.703. The molecule has 0 radical (unpaired) electrons. The zero-order valence-electron chi connectivity index (χ0n) is 10.5. The molecule has 0 amide bonds. The van der Waals surface area contributed by atoms with E-state index < -0.39 is 7.82 Å². The first kappa shape index (κ1) is 19.2. The highest BCUT2D eigenvalue weighted by Crippen LogP contribution is 2.25. The molecule has 17 heavy (non-hydrogen) atoms. The van der Waals surface area contributed by atoms with Gasteiger partial charge in [0, 0.05) is 6.61 Å². The van der Waals surface area contributed by atoms with Gasteiger partial charge in [-0.2, -0.15) is 0 Å². The van der Waals surface area contributed by atoms with E-state index in [-0.39, 0.29) is 0 Å². The van der Waals surface area contributed by atoms with Gasteiger partial charge < -0.3 is 19.4 Å². The lowest BCUT2D eigenvalue weighted by atomic mass is 10.1. The van der Waals surface area contributed by atoms with Gasteiger partial charge in [-0.15, -0.1) is 6.58 Å². The molecule has 0 aliphatic rings. The second kappa shape index (κ2) is 13.9. The first-order valence-electron chi connectivity index (χ1n) is 5.88. The van der Waals surface area contributed by atoms with E-state index in [0.29, 0.717) is 6.61 Å². The molecular weight excluding hydrogens is 243 g/mol. The van der Waals surface area contributed by atoms with Crippen molar-refractivity contribution in [2.24, 2.45) is 0 Å². The Kier molecular flexibility index (Phi) is 15.6. The standard InChI is InChI=1S/C11H22O.H3O4P/c1-3-5-6-7-8-9-11-12-10-4-2;1-5(2,3)4/h4H,2-3,5-11H2,1H3;(H3,1,2,3,4). The van der Waals surface area contributed by atoms with Crippen molar-refractivity contribution in [3.05, 3.63) is 12.7 Å². The van der Waals surface area contributed by atoms with Crippen LogP contribution in [0.5, 0.6) is 0 Å². The zero-order chi connectivity index (χ0) is 13.6. The highest BCUT2D eigenvalue weighted by Gasteiger charge is 2.00. The Bertz CT molecular complexity index is 194. The monoisotopic (exact) mass is 268 g/mol. The molecular formula is C11H25O5P. The van der Waals surface area contributed by atoms with Crippen LogP contribution in [0.25, 0.3) is 0 Å². The third-order valence-electron chi connectivity index (χ3n) is 1.88. The summed E-state index contributed by atoms with van der Waals surface area (Å²) in [6, 6.07) is 0. The third kappa shape index (κ3) is 38.8. The van der Waals surface area contributed by atoms with Crippen LogP contribution in [-0.2, 0) is 9.30 Å². The molecule has 0 aromatic rings. The third-order valence-corrected chi connectivity index (χ3v) is 1.88. The van der Waals surface area contributed by atoms with Crippen LogP contribution in [0.4, 0.5) is 0 Å². The molecule has 0 saturated carbocycles. The summed E-state index contributed by atoms with van der Waals surface area (Å²) >= 11 is 0. The summed E-state index contributed by atoms with van der Waals surface area (Å²) in [4.78, 5) is 21.6. The Labute approximate surface area is 104 Å². The van der Waals surface area contributed by atoms with Gasteiger partial charge in [0.25, 0.3) is 0 Å². The van der Waals surface area contributed by atoms with Crippen molar-refractivity contribution in [1.82, 2.24) is 0 Å². The fourth-order valence-corrected chi connectivity index (χ4v) is 1.15. The molecule has 104 valence electrons. The highest BCUT2D eigenvalue weighted by atomic mass is 31.2. The summed E-state index contributed by atoms with van der Waals surface area (Å²) in [6.07, 6.45) is 9.79. The second-order valence-corrected chi connectivity index (χ2v) is 4.67. The predicted molar refractivity (Wildman–Crippen MR) is 68.7 cm³/mol. The fourth-order valence-electron chi connectivity index (χ4n) is 1.15. The van der Waals surface area contributed by atoms with Gasteiger partial charge in [-0.1, -0.05) is 45.1 Å². The van der Waals surface area contributed by atoms with Gasteiger partial charge in [0.15, 0.2) is 0 Å². The Hall–Kier alpha value is -0.190. The van der Waals surface area contributed by atoms with E-state index in [0.717, 1.165) is 6.61 Å². The quantitative estimate of drug-likeness (QED) is 0.340. The minimum Gasteiger partial charge on any atom is -0.377 e. The number of unbranched alkanes of at least 4 members (excludes halogenated alkanes) is 5. The molecule has 0 aromatic carbocycles. The summed E-state index contributed by atoms with van der Waals surface area (Å²) in [5.74, 6) is 0. The maximum absolute atomic E-state index is 8.88. The molecule has 3 N–H and O–H groups in total. The van der Waals surface area contributed by atoms with Crippen molar-refractivity contribution in [3.8, 4) is 0 Å². The lowest BCUT2D eigenvalue weighted by Crippen LogP contribution is -1.93. The van der Waals surface area contributed by atoms with E-state index in [2.05, 4.69) is 13.5 Å². The Morgan fingerprint density at radius 1 is 1.12 bits per heavy atom. The molecule has 0 atom stereocenters. The van der Waals surface area contributed by atoms with Crippen molar-refractivity contribution >= 4 is 7.82 Å². The number of rotatable bonds is 9. The summed E-state index contributed by atoms with van der Waals surface area (Å²) in [5, 5.41) is 0. The van der Waals surface area contributed by atoms with E-state index in [1.54, 1.807) is 6.08 Å². The molecule has 6 heteroatoms. The van der Waals surface area contributed by atoms with Crippen LogP contribution in [0.15, 0.2) is 12.7 Å². The van der Waals surface area contributed by atoms with Crippen LogP contribution < -0.4 is 0 Å².